The molecule has 1 amide bonds. The number of carbonyl (C=O) groups excluding carboxylic acids is 1. The molecule has 33 heavy (non-hydrogen) atoms. The number of benzene rings is 2. The minimum Gasteiger partial charge on any atom is -0.378 e. The van der Waals surface area contributed by atoms with Crippen LogP contribution in [0.2, 0.25) is 0 Å². The molecule has 8 heteroatoms. The maximum absolute atomic E-state index is 13.4. The van der Waals surface area contributed by atoms with Crippen molar-refractivity contribution in [2.24, 2.45) is 0 Å². The predicted octanol–water partition coefficient (Wildman–Crippen LogP) is 4.19. The first kappa shape index (κ1) is 24.3. The molecule has 1 aliphatic heterocycles. The molecule has 0 spiro atoms. The van der Waals surface area contributed by atoms with E-state index >= 15 is 0 Å². The van der Waals surface area contributed by atoms with Gasteiger partial charge in [0.2, 0.25) is 10.0 Å². The summed E-state index contributed by atoms with van der Waals surface area (Å²) in [5.74, 6) is -0.151. The van der Waals surface area contributed by atoms with Crippen molar-refractivity contribution >= 4 is 27.7 Å². The zero-order chi connectivity index (χ0) is 23.4. The van der Waals surface area contributed by atoms with Gasteiger partial charge >= 0.3 is 0 Å². The molecule has 4 rings (SSSR count). The Balaban J connectivity index is 1.60. The lowest BCUT2D eigenvalue weighted by Gasteiger charge is -2.27. The number of morpholine rings is 1. The maximum atomic E-state index is 13.4. The third kappa shape index (κ3) is 5.45. The van der Waals surface area contributed by atoms with E-state index < -0.39 is 10.0 Å². The first-order valence-electron chi connectivity index (χ1n) is 11.6. The second kappa shape index (κ2) is 10.6. The molecule has 0 unspecified atom stereocenters. The number of sulfonamides is 1. The topological polar surface area (TPSA) is 75.7 Å². The number of rotatable bonds is 7. The molecule has 0 bridgehead atoms. The van der Waals surface area contributed by atoms with Crippen molar-refractivity contribution in [2.75, 3.05) is 32.6 Å². The van der Waals surface area contributed by atoms with Gasteiger partial charge in [0.25, 0.3) is 5.91 Å². The van der Waals surface area contributed by atoms with E-state index in [0.29, 0.717) is 38.3 Å². The van der Waals surface area contributed by atoms with Gasteiger partial charge in [-0.05, 0) is 73.2 Å². The summed E-state index contributed by atoms with van der Waals surface area (Å²) in [5, 5.41) is 0. The van der Waals surface area contributed by atoms with E-state index in [9.17, 15) is 13.2 Å². The molecule has 0 radical (unpaired) electrons. The fourth-order valence-electron chi connectivity index (χ4n) is 4.57. The lowest BCUT2D eigenvalue weighted by Crippen LogP contribution is -2.41. The summed E-state index contributed by atoms with van der Waals surface area (Å²) in [4.78, 5) is 15.8. The van der Waals surface area contributed by atoms with Crippen LogP contribution in [0.5, 0.6) is 0 Å². The first-order valence-corrected chi connectivity index (χ1v) is 14.3. The Kier molecular flexibility index (Phi) is 7.79. The van der Waals surface area contributed by atoms with Crippen molar-refractivity contribution in [2.45, 2.75) is 54.9 Å². The number of fused-ring (bicyclic) bond motifs is 1. The van der Waals surface area contributed by atoms with Gasteiger partial charge in [-0.15, -0.1) is 11.8 Å². The Morgan fingerprint density at radius 3 is 2.52 bits per heavy atom. The van der Waals surface area contributed by atoms with Gasteiger partial charge in [0.15, 0.2) is 0 Å². The van der Waals surface area contributed by atoms with Gasteiger partial charge in [-0.2, -0.15) is 0 Å². The van der Waals surface area contributed by atoms with Crippen LogP contribution in [0, 0.1) is 0 Å². The SMILES string of the molecule is CC[C@@H](NS(=O)(=O)c1ccc(SC)c(C(=O)N2CCOCC2)c1)c1ccc2c(c1)CCCC2. The summed E-state index contributed by atoms with van der Waals surface area (Å²) in [6.45, 7) is 4.00. The van der Waals surface area contributed by atoms with Gasteiger partial charge in [-0.3, -0.25) is 4.79 Å². The van der Waals surface area contributed by atoms with Crippen LogP contribution in [-0.2, 0) is 27.6 Å². The number of aryl methyl sites for hydroxylation is 2. The Labute approximate surface area is 201 Å². The van der Waals surface area contributed by atoms with Crippen molar-refractivity contribution in [1.82, 2.24) is 9.62 Å². The first-order chi connectivity index (χ1) is 15.9. The zero-order valence-electron chi connectivity index (χ0n) is 19.3. The number of nitrogens with one attached hydrogen (secondary N) is 1. The molecule has 0 saturated carbocycles. The Bertz CT molecular complexity index is 1110. The molecule has 6 nitrogen and oxygen atoms in total. The molecule has 2 aromatic rings. The molecule has 1 aliphatic carbocycles. The van der Waals surface area contributed by atoms with E-state index in [2.05, 4.69) is 16.9 Å². The molecule has 0 aromatic heterocycles. The highest BCUT2D eigenvalue weighted by Gasteiger charge is 2.26. The summed E-state index contributed by atoms with van der Waals surface area (Å²) in [5.41, 5.74) is 4.13. The Morgan fingerprint density at radius 2 is 1.82 bits per heavy atom. The number of thioether (sulfide) groups is 1. The Morgan fingerprint density at radius 1 is 1.09 bits per heavy atom. The van der Waals surface area contributed by atoms with Crippen molar-refractivity contribution in [1.29, 1.82) is 0 Å². The molecule has 178 valence electrons. The van der Waals surface area contributed by atoms with Crippen molar-refractivity contribution in [3.63, 3.8) is 0 Å². The quantitative estimate of drug-likeness (QED) is 0.592. The minimum absolute atomic E-state index is 0.119. The van der Waals surface area contributed by atoms with Crippen LogP contribution in [0.25, 0.3) is 0 Å². The predicted molar refractivity (Wildman–Crippen MR) is 131 cm³/mol. The van der Waals surface area contributed by atoms with E-state index in [1.165, 1.54) is 41.8 Å². The van der Waals surface area contributed by atoms with Crippen molar-refractivity contribution in [3.05, 3.63) is 58.7 Å². The van der Waals surface area contributed by atoms with Crippen LogP contribution >= 0.6 is 11.8 Å². The average Bonchev–Trinajstić information content (AvgIpc) is 2.86. The normalized spacial score (nSPS) is 17.5. The zero-order valence-corrected chi connectivity index (χ0v) is 20.9. The fourth-order valence-corrected chi connectivity index (χ4v) is 6.47. The molecule has 2 aromatic carbocycles. The molecule has 1 saturated heterocycles. The fraction of sp³-hybridized carbons (Fsp3) is 0.480. The van der Waals surface area contributed by atoms with Crippen LogP contribution in [0.15, 0.2) is 46.2 Å². The summed E-state index contributed by atoms with van der Waals surface area (Å²) in [7, 11) is -3.81. The molecule has 1 fully saturated rings. The van der Waals surface area contributed by atoms with Crippen LogP contribution in [0.1, 0.15) is 59.3 Å². The van der Waals surface area contributed by atoms with Gasteiger partial charge in [-0.1, -0.05) is 25.1 Å². The largest absolute Gasteiger partial charge is 0.378 e. The number of carbonyl (C=O) groups is 1. The van der Waals surface area contributed by atoms with Crippen LogP contribution in [-0.4, -0.2) is 51.8 Å². The van der Waals surface area contributed by atoms with Gasteiger partial charge in [0, 0.05) is 24.0 Å². The second-order valence-electron chi connectivity index (χ2n) is 8.58. The lowest BCUT2D eigenvalue weighted by molar-refractivity contribution is 0.0300. The number of ether oxygens (including phenoxy) is 1. The third-order valence-corrected chi connectivity index (χ3v) is 8.76. The number of nitrogens with zero attached hydrogens (tertiary/aromatic N) is 1. The molecule has 1 N–H and O–H groups in total. The molecule has 2 aliphatic rings. The standard InChI is InChI=1S/C25H32N2O4S2/c1-3-23(20-9-8-18-6-4-5-7-19(18)16-20)26-33(29,30)21-10-11-24(32-2)22(17-21)25(28)27-12-14-31-15-13-27/h8-11,16-17,23,26H,3-7,12-15H2,1-2H3/t23-/m1/s1. The highest BCUT2D eigenvalue weighted by molar-refractivity contribution is 7.98. The van der Waals surface area contributed by atoms with E-state index in [1.807, 2.05) is 19.2 Å². The van der Waals surface area contributed by atoms with Gasteiger partial charge < -0.3 is 9.64 Å². The molecular weight excluding hydrogens is 456 g/mol. The average molecular weight is 489 g/mol. The summed E-state index contributed by atoms with van der Waals surface area (Å²) in [6.07, 6.45) is 7.07. The summed E-state index contributed by atoms with van der Waals surface area (Å²) < 4.78 is 34.9. The summed E-state index contributed by atoms with van der Waals surface area (Å²) >= 11 is 1.44. The van der Waals surface area contributed by atoms with E-state index in [4.69, 9.17) is 4.74 Å². The second-order valence-corrected chi connectivity index (χ2v) is 11.1. The smallest absolute Gasteiger partial charge is 0.255 e. The van der Waals surface area contributed by atoms with Crippen molar-refractivity contribution < 1.29 is 17.9 Å². The van der Waals surface area contributed by atoms with Crippen molar-refractivity contribution in [3.8, 4) is 0 Å². The van der Waals surface area contributed by atoms with E-state index in [-0.39, 0.29) is 16.8 Å². The molecular formula is C25H32N2O4S2. The van der Waals surface area contributed by atoms with Crippen LogP contribution in [0.3, 0.4) is 0 Å². The van der Waals surface area contributed by atoms with Crippen LogP contribution < -0.4 is 4.72 Å². The lowest BCUT2D eigenvalue weighted by atomic mass is 9.89. The van der Waals surface area contributed by atoms with Gasteiger partial charge in [0.1, 0.15) is 0 Å². The van der Waals surface area contributed by atoms with E-state index in [1.54, 1.807) is 17.0 Å². The minimum atomic E-state index is -3.81. The highest BCUT2D eigenvalue weighted by atomic mass is 32.2. The molecule has 1 atom stereocenters. The number of hydrogen-bond donors (Lipinski definition) is 1. The monoisotopic (exact) mass is 488 g/mol. The number of amides is 1. The maximum Gasteiger partial charge on any atom is 0.255 e. The number of hydrogen-bond acceptors (Lipinski definition) is 5. The van der Waals surface area contributed by atoms with Crippen LogP contribution in [0.4, 0.5) is 0 Å². The third-order valence-electron chi connectivity index (χ3n) is 6.49. The van der Waals surface area contributed by atoms with Gasteiger partial charge in [0.05, 0.1) is 23.7 Å². The highest BCUT2D eigenvalue weighted by Crippen LogP contribution is 2.29. The van der Waals surface area contributed by atoms with E-state index in [0.717, 1.165) is 23.3 Å². The molecule has 1 heterocycles. The van der Waals surface area contributed by atoms with Gasteiger partial charge in [-0.25, -0.2) is 13.1 Å². The summed E-state index contributed by atoms with van der Waals surface area (Å²) in [6, 6.07) is 10.9. The Hall–Kier alpha value is -1.87.